The molecular weight excluding hydrogens is 394 g/mol. The second-order valence-corrected chi connectivity index (χ2v) is 8.16. The van der Waals surface area contributed by atoms with E-state index in [0.29, 0.717) is 17.4 Å². The minimum absolute atomic E-state index is 0.00603. The summed E-state index contributed by atoms with van der Waals surface area (Å²) in [5.74, 6) is 1.91. The Bertz CT molecular complexity index is 1030. The Hall–Kier alpha value is -2.44. The van der Waals surface area contributed by atoms with Gasteiger partial charge in [-0.15, -0.1) is 11.8 Å². The molecule has 144 valence electrons. The quantitative estimate of drug-likeness (QED) is 0.671. The number of thioether (sulfide) groups is 1. The Morgan fingerprint density at radius 3 is 2.93 bits per heavy atom. The van der Waals surface area contributed by atoms with Gasteiger partial charge in [-0.25, -0.2) is 0 Å². The van der Waals surface area contributed by atoms with Crippen LogP contribution in [0.2, 0.25) is 5.02 Å². The normalized spacial score (nSPS) is 16.2. The highest BCUT2D eigenvalue weighted by Gasteiger charge is 2.29. The molecule has 1 aliphatic heterocycles. The van der Waals surface area contributed by atoms with Crippen LogP contribution in [0.15, 0.2) is 48.5 Å². The molecule has 7 heteroatoms. The van der Waals surface area contributed by atoms with Crippen LogP contribution < -0.4 is 10.1 Å². The molecule has 1 aliphatic rings. The van der Waals surface area contributed by atoms with Crippen LogP contribution in [0, 0.1) is 6.92 Å². The number of hydrogen-bond acceptors (Lipinski definition) is 4. The minimum atomic E-state index is -0.0112. The maximum atomic E-state index is 12.1. The fourth-order valence-corrected chi connectivity index (χ4v) is 4.72. The molecule has 4 rings (SSSR count). The number of amides is 1. The fourth-order valence-electron chi connectivity index (χ4n) is 3.35. The number of anilines is 1. The molecule has 2 heterocycles. The third-order valence-electron chi connectivity index (χ3n) is 4.68. The Morgan fingerprint density at radius 1 is 1.29 bits per heavy atom. The van der Waals surface area contributed by atoms with Crippen molar-refractivity contribution in [2.45, 2.75) is 18.8 Å². The van der Waals surface area contributed by atoms with E-state index in [1.807, 2.05) is 56.4 Å². The van der Waals surface area contributed by atoms with Gasteiger partial charge in [-0.2, -0.15) is 5.10 Å². The molecule has 0 radical (unpaired) electrons. The van der Waals surface area contributed by atoms with E-state index < -0.39 is 0 Å². The maximum Gasteiger partial charge on any atom is 0.235 e. The van der Waals surface area contributed by atoms with Crippen molar-refractivity contribution in [3.63, 3.8) is 0 Å². The number of fused-ring (bicyclic) bond motifs is 1. The highest BCUT2D eigenvalue weighted by Crippen LogP contribution is 2.43. The van der Waals surface area contributed by atoms with Crippen LogP contribution in [0.3, 0.4) is 0 Å². The van der Waals surface area contributed by atoms with Crippen molar-refractivity contribution < 1.29 is 9.53 Å². The monoisotopic (exact) mass is 413 g/mol. The zero-order chi connectivity index (χ0) is 19.7. The number of aryl methyl sites for hydroxylation is 2. The van der Waals surface area contributed by atoms with Gasteiger partial charge in [0, 0.05) is 23.2 Å². The number of aromatic nitrogens is 2. The molecule has 3 aromatic rings. The van der Waals surface area contributed by atoms with Gasteiger partial charge >= 0.3 is 0 Å². The number of ether oxygens (including phenoxy) is 1. The molecule has 1 amide bonds. The highest BCUT2D eigenvalue weighted by atomic mass is 35.5. The molecule has 2 aromatic carbocycles. The van der Waals surface area contributed by atoms with Crippen molar-refractivity contribution in [1.82, 2.24) is 9.78 Å². The number of hydrogen-bond donors (Lipinski definition) is 1. The van der Waals surface area contributed by atoms with Gasteiger partial charge in [0.25, 0.3) is 0 Å². The Labute approximate surface area is 173 Å². The molecule has 0 bridgehead atoms. The lowest BCUT2D eigenvalue weighted by atomic mass is 10.0. The fraction of sp³-hybridized carbons (Fsp3) is 0.238. The third-order valence-corrected chi connectivity index (χ3v) is 6.32. The zero-order valence-corrected chi connectivity index (χ0v) is 17.2. The number of carbonyl (C=O) groups is 1. The maximum absolute atomic E-state index is 12.1. The highest BCUT2D eigenvalue weighted by molar-refractivity contribution is 8.00. The Balaban J connectivity index is 1.62. The number of carbonyl (C=O) groups excluding carboxylic acids is 1. The lowest BCUT2D eigenvalue weighted by Crippen LogP contribution is -2.15. The molecule has 1 N–H and O–H groups in total. The van der Waals surface area contributed by atoms with Gasteiger partial charge < -0.3 is 10.1 Å². The van der Waals surface area contributed by atoms with E-state index in [0.717, 1.165) is 34.0 Å². The van der Waals surface area contributed by atoms with Gasteiger partial charge in [0.15, 0.2) is 0 Å². The van der Waals surface area contributed by atoms with Gasteiger partial charge in [0.1, 0.15) is 18.2 Å². The summed E-state index contributed by atoms with van der Waals surface area (Å²) in [5, 5.41) is 8.17. The first-order chi connectivity index (χ1) is 13.5. The second-order valence-electron chi connectivity index (χ2n) is 6.66. The predicted molar refractivity (Wildman–Crippen MR) is 113 cm³/mol. The molecule has 1 unspecified atom stereocenters. The van der Waals surface area contributed by atoms with Crippen molar-refractivity contribution >= 4 is 35.1 Å². The van der Waals surface area contributed by atoms with Gasteiger partial charge in [-0.05, 0) is 30.7 Å². The predicted octanol–water partition coefficient (Wildman–Crippen LogP) is 4.74. The Kier molecular flexibility index (Phi) is 5.33. The summed E-state index contributed by atoms with van der Waals surface area (Å²) in [5.41, 5.74) is 3.98. The van der Waals surface area contributed by atoms with E-state index in [1.165, 1.54) is 0 Å². The van der Waals surface area contributed by atoms with Gasteiger partial charge in [0.2, 0.25) is 5.91 Å². The van der Waals surface area contributed by atoms with E-state index in [-0.39, 0.29) is 11.2 Å². The summed E-state index contributed by atoms with van der Waals surface area (Å²) in [6.45, 7) is 2.37. The third kappa shape index (κ3) is 3.75. The first kappa shape index (κ1) is 18.9. The van der Waals surface area contributed by atoms with Crippen LogP contribution in [-0.4, -0.2) is 21.4 Å². The minimum Gasteiger partial charge on any atom is -0.489 e. The van der Waals surface area contributed by atoms with Gasteiger partial charge in [-0.1, -0.05) is 41.9 Å². The van der Waals surface area contributed by atoms with Gasteiger partial charge in [0.05, 0.1) is 16.7 Å². The number of nitrogens with one attached hydrogen (secondary N) is 1. The van der Waals surface area contributed by atoms with Crippen LogP contribution >= 0.6 is 23.4 Å². The van der Waals surface area contributed by atoms with E-state index in [1.54, 1.807) is 16.4 Å². The van der Waals surface area contributed by atoms with E-state index in [2.05, 4.69) is 16.5 Å². The second kappa shape index (κ2) is 7.89. The average Bonchev–Trinajstić information content (AvgIpc) is 2.85. The molecule has 28 heavy (non-hydrogen) atoms. The number of benzene rings is 2. The molecule has 1 aromatic heterocycles. The summed E-state index contributed by atoms with van der Waals surface area (Å²) < 4.78 is 7.72. The van der Waals surface area contributed by atoms with Crippen LogP contribution in [0.25, 0.3) is 0 Å². The molecule has 1 atom stereocenters. The summed E-state index contributed by atoms with van der Waals surface area (Å²) in [4.78, 5) is 12.1. The molecule has 0 aliphatic carbocycles. The van der Waals surface area contributed by atoms with E-state index in [4.69, 9.17) is 16.3 Å². The first-order valence-electron chi connectivity index (χ1n) is 8.94. The number of halogens is 1. The van der Waals surface area contributed by atoms with Crippen molar-refractivity contribution in [2.24, 2.45) is 7.05 Å². The smallest absolute Gasteiger partial charge is 0.235 e. The molecule has 0 spiro atoms. The summed E-state index contributed by atoms with van der Waals surface area (Å²) in [7, 11) is 1.85. The standard InChI is InChI=1S/C21H20ClN3O2S/c1-13-19-20(28-12-18(26)23-21(19)25(2)24-13)14-7-5-8-16(10-14)27-11-15-6-3-4-9-17(15)22/h3-10,20H,11-12H2,1-2H3,(H,23,26). The van der Waals surface area contributed by atoms with E-state index >= 15 is 0 Å². The lowest BCUT2D eigenvalue weighted by molar-refractivity contribution is -0.113. The van der Waals surface area contributed by atoms with Crippen molar-refractivity contribution in [1.29, 1.82) is 0 Å². The molecule has 0 saturated heterocycles. The lowest BCUT2D eigenvalue weighted by Gasteiger charge is -2.16. The van der Waals surface area contributed by atoms with Crippen LogP contribution in [-0.2, 0) is 18.4 Å². The number of rotatable bonds is 4. The zero-order valence-electron chi connectivity index (χ0n) is 15.6. The number of nitrogens with zero attached hydrogens (tertiary/aromatic N) is 2. The van der Waals surface area contributed by atoms with Crippen molar-refractivity contribution in [3.8, 4) is 5.75 Å². The van der Waals surface area contributed by atoms with Crippen molar-refractivity contribution in [3.05, 3.63) is 75.9 Å². The van der Waals surface area contributed by atoms with Crippen LogP contribution in [0.1, 0.15) is 27.6 Å². The van der Waals surface area contributed by atoms with Crippen LogP contribution in [0.5, 0.6) is 5.75 Å². The molecule has 5 nitrogen and oxygen atoms in total. The average molecular weight is 414 g/mol. The van der Waals surface area contributed by atoms with Crippen LogP contribution in [0.4, 0.5) is 5.82 Å². The largest absolute Gasteiger partial charge is 0.489 e. The van der Waals surface area contributed by atoms with Crippen molar-refractivity contribution in [2.75, 3.05) is 11.1 Å². The molecule has 0 saturated carbocycles. The molecule has 0 fully saturated rings. The summed E-state index contributed by atoms with van der Waals surface area (Å²) in [6, 6.07) is 15.7. The van der Waals surface area contributed by atoms with E-state index in [9.17, 15) is 4.79 Å². The Morgan fingerprint density at radius 2 is 2.11 bits per heavy atom. The summed E-state index contributed by atoms with van der Waals surface area (Å²) >= 11 is 7.82. The molecular formula is C21H20ClN3O2S. The summed E-state index contributed by atoms with van der Waals surface area (Å²) in [6.07, 6.45) is 0. The first-order valence-corrected chi connectivity index (χ1v) is 10.4. The SMILES string of the molecule is Cc1nn(C)c2c1C(c1cccc(OCc3ccccc3Cl)c1)SCC(=O)N2. The van der Waals surface area contributed by atoms with Gasteiger partial charge in [-0.3, -0.25) is 9.48 Å². The topological polar surface area (TPSA) is 56.2 Å².